The van der Waals surface area contributed by atoms with Gasteiger partial charge in [0.25, 0.3) is 0 Å². The van der Waals surface area contributed by atoms with Crippen LogP contribution in [0.2, 0.25) is 0 Å². The van der Waals surface area contributed by atoms with Crippen LogP contribution >= 0.6 is 15.9 Å². The van der Waals surface area contributed by atoms with Crippen LogP contribution in [-0.4, -0.2) is 26.6 Å². The number of hydrogen-bond acceptors (Lipinski definition) is 4. The van der Waals surface area contributed by atoms with E-state index in [1.54, 1.807) is 10.8 Å². The number of anilines is 1. The minimum atomic E-state index is 0.806. The Hall–Kier alpha value is -1.69. The fourth-order valence-corrected chi connectivity index (χ4v) is 2.19. The molecular weight excluding hydrogens is 270 g/mol. The van der Waals surface area contributed by atoms with Crippen molar-refractivity contribution in [2.45, 2.75) is 0 Å². The molecule has 0 spiro atoms. The number of nitrogens with one attached hydrogen (secondary N) is 1. The van der Waals surface area contributed by atoms with Crippen LogP contribution in [0.1, 0.15) is 0 Å². The van der Waals surface area contributed by atoms with Crippen molar-refractivity contribution in [2.75, 3.05) is 12.4 Å². The minimum absolute atomic E-state index is 0.806. The molecule has 0 saturated heterocycles. The fourth-order valence-electron chi connectivity index (χ4n) is 1.67. The van der Waals surface area contributed by atoms with Crippen LogP contribution in [0.3, 0.4) is 0 Å². The predicted octanol–water partition coefficient (Wildman–Crippen LogP) is 2.08. The number of rotatable bonds is 1. The first kappa shape index (κ1) is 9.53. The van der Waals surface area contributed by atoms with Crippen LogP contribution in [0, 0.1) is 0 Å². The molecule has 6 heteroatoms. The van der Waals surface area contributed by atoms with Crippen molar-refractivity contribution >= 4 is 38.3 Å². The van der Waals surface area contributed by atoms with Crippen molar-refractivity contribution in [1.29, 1.82) is 0 Å². The molecule has 3 heterocycles. The molecule has 0 aliphatic rings. The van der Waals surface area contributed by atoms with Gasteiger partial charge in [-0.15, -0.1) is 0 Å². The highest BCUT2D eigenvalue weighted by molar-refractivity contribution is 9.10. The summed E-state index contributed by atoms with van der Waals surface area (Å²) >= 11 is 3.47. The van der Waals surface area contributed by atoms with Gasteiger partial charge in [0.05, 0.1) is 9.99 Å². The molecule has 0 aliphatic heterocycles. The van der Waals surface area contributed by atoms with Gasteiger partial charge in [-0.25, -0.2) is 14.5 Å². The first-order valence-electron chi connectivity index (χ1n) is 4.75. The number of fused-ring (bicyclic) bond motifs is 3. The van der Waals surface area contributed by atoms with Gasteiger partial charge in [-0.1, -0.05) is 0 Å². The first-order valence-corrected chi connectivity index (χ1v) is 5.54. The Bertz CT molecular complexity index is 675. The zero-order valence-corrected chi connectivity index (χ0v) is 10.1. The van der Waals surface area contributed by atoms with E-state index in [4.69, 9.17) is 0 Å². The summed E-state index contributed by atoms with van der Waals surface area (Å²) in [5, 5.41) is 8.23. The third kappa shape index (κ3) is 1.26. The Kier molecular flexibility index (Phi) is 2.03. The molecule has 3 rings (SSSR count). The summed E-state index contributed by atoms with van der Waals surface area (Å²) < 4.78 is 2.71. The smallest absolute Gasteiger partial charge is 0.170 e. The summed E-state index contributed by atoms with van der Waals surface area (Å²) in [6.07, 6.45) is 3.35. The summed E-state index contributed by atoms with van der Waals surface area (Å²) in [7, 11) is 1.84. The lowest BCUT2D eigenvalue weighted by atomic mass is 10.2. The van der Waals surface area contributed by atoms with Crippen molar-refractivity contribution in [2.24, 2.45) is 0 Å². The van der Waals surface area contributed by atoms with Gasteiger partial charge in [-0.2, -0.15) is 5.10 Å². The summed E-state index contributed by atoms with van der Waals surface area (Å²) in [5.74, 6) is 0.812. The van der Waals surface area contributed by atoms with E-state index in [-0.39, 0.29) is 0 Å². The van der Waals surface area contributed by atoms with E-state index in [1.807, 2.05) is 25.4 Å². The maximum Gasteiger partial charge on any atom is 0.170 e. The summed E-state index contributed by atoms with van der Waals surface area (Å²) in [6, 6.07) is 3.94. The van der Waals surface area contributed by atoms with Crippen molar-refractivity contribution in [1.82, 2.24) is 19.6 Å². The van der Waals surface area contributed by atoms with Gasteiger partial charge in [0.1, 0.15) is 12.1 Å². The van der Waals surface area contributed by atoms with Crippen molar-refractivity contribution in [3.05, 3.63) is 29.1 Å². The van der Waals surface area contributed by atoms with Crippen LogP contribution in [0.15, 0.2) is 29.1 Å². The van der Waals surface area contributed by atoms with E-state index >= 15 is 0 Å². The Balaban J connectivity index is 2.50. The number of aromatic nitrogens is 4. The van der Waals surface area contributed by atoms with Crippen LogP contribution in [-0.2, 0) is 0 Å². The third-order valence-corrected chi connectivity index (χ3v) is 3.02. The largest absolute Gasteiger partial charge is 0.373 e. The molecule has 5 nitrogen and oxygen atoms in total. The molecule has 0 aliphatic carbocycles. The van der Waals surface area contributed by atoms with Gasteiger partial charge in [-0.05, 0) is 22.0 Å². The van der Waals surface area contributed by atoms with E-state index in [2.05, 4.69) is 36.3 Å². The van der Waals surface area contributed by atoms with Crippen molar-refractivity contribution < 1.29 is 0 Å². The molecule has 1 N–H and O–H groups in total. The highest BCUT2D eigenvalue weighted by atomic mass is 79.9. The molecule has 0 bridgehead atoms. The normalized spacial score (nSPS) is 11.1. The minimum Gasteiger partial charge on any atom is -0.373 e. The predicted molar refractivity (Wildman–Crippen MR) is 65.5 cm³/mol. The summed E-state index contributed by atoms with van der Waals surface area (Å²) in [5.41, 5.74) is 1.79. The molecule has 0 amide bonds. The highest BCUT2D eigenvalue weighted by Gasteiger charge is 2.07. The monoisotopic (exact) mass is 277 g/mol. The highest BCUT2D eigenvalue weighted by Crippen LogP contribution is 2.24. The molecule has 0 unspecified atom stereocenters. The lowest BCUT2D eigenvalue weighted by molar-refractivity contribution is 0.999. The zero-order chi connectivity index (χ0) is 11.1. The van der Waals surface area contributed by atoms with Gasteiger partial charge in [-0.3, -0.25) is 0 Å². The molecular formula is C10H8BrN5. The van der Waals surface area contributed by atoms with Gasteiger partial charge < -0.3 is 5.32 Å². The Labute approximate surface area is 99.6 Å². The van der Waals surface area contributed by atoms with E-state index in [1.165, 1.54) is 0 Å². The van der Waals surface area contributed by atoms with Crippen LogP contribution in [0.25, 0.3) is 16.6 Å². The average molecular weight is 278 g/mol. The summed E-state index contributed by atoms with van der Waals surface area (Å²) in [6.45, 7) is 0. The zero-order valence-electron chi connectivity index (χ0n) is 8.48. The summed E-state index contributed by atoms with van der Waals surface area (Å²) in [4.78, 5) is 8.45. The second-order valence-electron chi connectivity index (χ2n) is 3.37. The Morgan fingerprint density at radius 3 is 3.00 bits per heavy atom. The van der Waals surface area contributed by atoms with E-state index in [9.17, 15) is 0 Å². The molecule has 0 radical (unpaired) electrons. The standard InChI is InChI=1S/C10H8BrN5/c1-12-9-3-8-6(4-13-9)2-7(11)10-14-5-15-16(8)10/h2-5H,1H3,(H,12,13). The Morgan fingerprint density at radius 1 is 1.31 bits per heavy atom. The number of nitrogens with zero attached hydrogens (tertiary/aromatic N) is 4. The number of halogens is 1. The van der Waals surface area contributed by atoms with Gasteiger partial charge in [0.15, 0.2) is 5.65 Å². The van der Waals surface area contributed by atoms with E-state index in [0.717, 1.165) is 26.8 Å². The second-order valence-corrected chi connectivity index (χ2v) is 4.22. The van der Waals surface area contributed by atoms with Crippen LogP contribution < -0.4 is 5.32 Å². The van der Waals surface area contributed by atoms with E-state index < -0.39 is 0 Å². The average Bonchev–Trinajstić information content (AvgIpc) is 2.78. The maximum atomic E-state index is 4.26. The van der Waals surface area contributed by atoms with Gasteiger partial charge >= 0.3 is 0 Å². The quantitative estimate of drug-likeness (QED) is 0.740. The lowest BCUT2D eigenvalue weighted by Crippen LogP contribution is -1.96. The third-order valence-electron chi connectivity index (χ3n) is 2.44. The van der Waals surface area contributed by atoms with Crippen LogP contribution in [0.4, 0.5) is 5.82 Å². The van der Waals surface area contributed by atoms with E-state index in [0.29, 0.717) is 0 Å². The molecule has 80 valence electrons. The van der Waals surface area contributed by atoms with Gasteiger partial charge in [0, 0.05) is 24.7 Å². The molecule has 3 aromatic rings. The maximum absolute atomic E-state index is 4.26. The second kappa shape index (κ2) is 3.41. The molecule has 16 heavy (non-hydrogen) atoms. The van der Waals surface area contributed by atoms with Gasteiger partial charge in [0.2, 0.25) is 0 Å². The topological polar surface area (TPSA) is 55.1 Å². The first-order chi connectivity index (χ1) is 7.79. The molecule has 0 aromatic carbocycles. The number of hydrogen-bond donors (Lipinski definition) is 1. The molecule has 3 aromatic heterocycles. The lowest BCUT2D eigenvalue weighted by Gasteiger charge is -2.04. The van der Waals surface area contributed by atoms with Crippen molar-refractivity contribution in [3.8, 4) is 0 Å². The molecule has 0 atom stereocenters. The number of pyridine rings is 2. The van der Waals surface area contributed by atoms with Crippen molar-refractivity contribution in [3.63, 3.8) is 0 Å². The Morgan fingerprint density at radius 2 is 2.19 bits per heavy atom. The molecule has 0 fully saturated rings. The van der Waals surface area contributed by atoms with Crippen LogP contribution in [0.5, 0.6) is 0 Å². The molecule has 0 saturated carbocycles. The fraction of sp³-hybridized carbons (Fsp3) is 0.100. The SMILES string of the molecule is CNc1cc2c(cn1)cc(Br)c1ncnn12.